The smallest absolute Gasteiger partial charge is 0.268 e. The standard InChI is InChI=1S/C66H125N2O6P/c1-6-8-10-12-14-16-18-20-22-24-25-26-27-28-29-30-31-32-33-34-35-36-37-38-39-40-41-42-43-44-46-48-50-52-54-56-58-60-66(70)67-64(63-74-75(71,72)73-62-61-68(3,4)5)65(69)59-57-55-53-51-49-47-45-23-21-19-17-15-13-11-9-7-2/h18,20,24-25,27-28,49,51,57,59,64-65,69H,6-17,19,21-23,26,29-48,50,52-56,58,60-63H2,1-5H3,(H-,67,70,71,72)/b20-18-,25-24-,28-27-,51-49+,59-57+. The maximum atomic E-state index is 13.0. The predicted molar refractivity (Wildman–Crippen MR) is 325 cm³/mol. The highest BCUT2D eigenvalue weighted by Crippen LogP contribution is 2.38. The minimum atomic E-state index is -4.61. The van der Waals surface area contributed by atoms with E-state index in [0.717, 1.165) is 51.4 Å². The lowest BCUT2D eigenvalue weighted by atomic mass is 10.0. The first-order valence-electron chi connectivity index (χ1n) is 32.2. The Morgan fingerprint density at radius 2 is 0.787 bits per heavy atom. The first kappa shape index (κ1) is 73.2. The summed E-state index contributed by atoms with van der Waals surface area (Å²) in [7, 11) is 1.25. The van der Waals surface area contributed by atoms with Crippen molar-refractivity contribution in [1.29, 1.82) is 0 Å². The Bertz CT molecular complexity index is 1400. The number of hydrogen-bond donors (Lipinski definition) is 2. The first-order valence-corrected chi connectivity index (χ1v) is 33.6. The van der Waals surface area contributed by atoms with Crippen LogP contribution in [0.4, 0.5) is 0 Å². The van der Waals surface area contributed by atoms with E-state index in [-0.39, 0.29) is 12.5 Å². The molecule has 0 aromatic rings. The van der Waals surface area contributed by atoms with Crippen molar-refractivity contribution in [2.24, 2.45) is 0 Å². The van der Waals surface area contributed by atoms with Crippen LogP contribution in [-0.4, -0.2) is 68.5 Å². The first-order chi connectivity index (χ1) is 36.5. The van der Waals surface area contributed by atoms with Gasteiger partial charge >= 0.3 is 0 Å². The molecule has 0 aliphatic rings. The monoisotopic (exact) mass is 1070 g/mol. The van der Waals surface area contributed by atoms with Gasteiger partial charge in [-0.15, -0.1) is 0 Å². The van der Waals surface area contributed by atoms with Gasteiger partial charge in [-0.2, -0.15) is 0 Å². The minimum Gasteiger partial charge on any atom is -0.756 e. The molecule has 2 N–H and O–H groups in total. The van der Waals surface area contributed by atoms with E-state index in [1.54, 1.807) is 6.08 Å². The van der Waals surface area contributed by atoms with E-state index in [1.807, 2.05) is 27.2 Å². The largest absolute Gasteiger partial charge is 0.756 e. The third-order valence-corrected chi connectivity index (χ3v) is 15.4. The molecule has 3 unspecified atom stereocenters. The van der Waals surface area contributed by atoms with Gasteiger partial charge in [0.2, 0.25) is 5.91 Å². The topological polar surface area (TPSA) is 108 Å². The van der Waals surface area contributed by atoms with Gasteiger partial charge in [-0.05, 0) is 70.6 Å². The van der Waals surface area contributed by atoms with Crippen molar-refractivity contribution in [3.63, 3.8) is 0 Å². The molecule has 0 saturated carbocycles. The zero-order valence-corrected chi connectivity index (χ0v) is 51.1. The number of nitrogens with zero attached hydrogens (tertiary/aromatic N) is 1. The number of aliphatic hydroxyl groups excluding tert-OH is 1. The number of aliphatic hydroxyl groups is 1. The Morgan fingerprint density at radius 3 is 1.17 bits per heavy atom. The van der Waals surface area contributed by atoms with Crippen molar-refractivity contribution in [1.82, 2.24) is 5.32 Å². The van der Waals surface area contributed by atoms with Crippen molar-refractivity contribution in [2.45, 2.75) is 315 Å². The van der Waals surface area contributed by atoms with Crippen molar-refractivity contribution < 1.29 is 32.9 Å². The van der Waals surface area contributed by atoms with Gasteiger partial charge in [0.05, 0.1) is 39.9 Å². The summed E-state index contributed by atoms with van der Waals surface area (Å²) in [6.45, 7) is 4.64. The maximum absolute atomic E-state index is 13.0. The number of unbranched alkanes of at least 4 members (excludes halogenated alkanes) is 38. The summed E-state index contributed by atoms with van der Waals surface area (Å²) in [5.41, 5.74) is 0. The molecule has 9 heteroatoms. The second-order valence-corrected chi connectivity index (χ2v) is 24.5. The van der Waals surface area contributed by atoms with Crippen LogP contribution in [0.2, 0.25) is 0 Å². The van der Waals surface area contributed by atoms with Crippen LogP contribution >= 0.6 is 7.82 Å². The zero-order chi connectivity index (χ0) is 54.9. The summed E-state index contributed by atoms with van der Waals surface area (Å²) < 4.78 is 23.3. The molecule has 0 fully saturated rings. The van der Waals surface area contributed by atoms with Crippen molar-refractivity contribution >= 4 is 13.7 Å². The van der Waals surface area contributed by atoms with Gasteiger partial charge in [-0.25, -0.2) is 0 Å². The number of rotatable bonds is 59. The Morgan fingerprint density at radius 1 is 0.467 bits per heavy atom. The number of hydrogen-bond acceptors (Lipinski definition) is 6. The molecule has 440 valence electrons. The number of carbonyl (C=O) groups is 1. The van der Waals surface area contributed by atoms with Crippen molar-refractivity contribution in [2.75, 3.05) is 40.9 Å². The fraction of sp³-hybridized carbons (Fsp3) is 0.833. The highest BCUT2D eigenvalue weighted by atomic mass is 31.2. The molecule has 75 heavy (non-hydrogen) atoms. The van der Waals surface area contributed by atoms with Gasteiger partial charge in [0.1, 0.15) is 13.2 Å². The highest BCUT2D eigenvalue weighted by molar-refractivity contribution is 7.45. The molecule has 0 spiro atoms. The lowest BCUT2D eigenvalue weighted by molar-refractivity contribution is -0.870. The molecule has 8 nitrogen and oxygen atoms in total. The number of carbonyl (C=O) groups excluding carboxylic acids is 1. The number of nitrogens with one attached hydrogen (secondary N) is 1. The van der Waals surface area contributed by atoms with Gasteiger partial charge in [-0.1, -0.05) is 286 Å². The van der Waals surface area contributed by atoms with Crippen LogP contribution in [0.3, 0.4) is 0 Å². The van der Waals surface area contributed by atoms with Crippen LogP contribution in [0.25, 0.3) is 0 Å². The molecule has 0 rings (SSSR count). The summed E-state index contributed by atoms with van der Waals surface area (Å²) in [6.07, 6.45) is 77.6. The maximum Gasteiger partial charge on any atom is 0.268 e. The Kier molecular flexibility index (Phi) is 55.5. The molecule has 0 heterocycles. The summed E-state index contributed by atoms with van der Waals surface area (Å²) in [5, 5.41) is 13.9. The van der Waals surface area contributed by atoms with Crippen molar-refractivity contribution in [3.8, 4) is 0 Å². The van der Waals surface area contributed by atoms with E-state index < -0.39 is 26.6 Å². The lowest BCUT2D eigenvalue weighted by Gasteiger charge is -2.29. The van der Waals surface area contributed by atoms with Gasteiger partial charge in [0, 0.05) is 6.42 Å². The number of amides is 1. The van der Waals surface area contributed by atoms with Crippen molar-refractivity contribution in [3.05, 3.63) is 60.8 Å². The third kappa shape index (κ3) is 59.7. The van der Waals surface area contributed by atoms with Crippen LogP contribution in [-0.2, 0) is 18.4 Å². The number of phosphoric ester groups is 1. The van der Waals surface area contributed by atoms with Crippen LogP contribution in [0.5, 0.6) is 0 Å². The van der Waals surface area contributed by atoms with E-state index in [1.165, 1.54) is 231 Å². The second kappa shape index (κ2) is 56.9. The fourth-order valence-electron chi connectivity index (χ4n) is 9.41. The molecule has 0 saturated heterocycles. The second-order valence-electron chi connectivity index (χ2n) is 23.1. The normalized spacial score (nSPS) is 14.2. The number of quaternary nitrogens is 1. The molecule has 0 aromatic heterocycles. The fourth-order valence-corrected chi connectivity index (χ4v) is 10.1. The molecular formula is C66H125N2O6P. The van der Waals surface area contributed by atoms with E-state index in [9.17, 15) is 19.4 Å². The van der Waals surface area contributed by atoms with Gasteiger partial charge < -0.3 is 28.8 Å². The lowest BCUT2D eigenvalue weighted by Crippen LogP contribution is -2.45. The number of likely N-dealkylation sites (N-methyl/N-ethyl adjacent to an activating group) is 1. The summed E-state index contributed by atoms with van der Waals surface area (Å²) in [5.74, 6) is -0.204. The molecule has 3 atom stereocenters. The SMILES string of the molecule is CCCCCCC/C=C\C/C=C\C/C=C\CCCCCCCCCCCCCCCCCCCCCCCCC(=O)NC(COP(=O)([O-])OCC[N+](C)(C)C)C(O)/C=C/CC/C=C/CCCCCCCCCCCC. The Labute approximate surface area is 466 Å². The van der Waals surface area contributed by atoms with Crippen LogP contribution in [0, 0.1) is 0 Å². The minimum absolute atomic E-state index is 0.00601. The van der Waals surface area contributed by atoms with E-state index >= 15 is 0 Å². The molecule has 0 aliphatic carbocycles. The average molecular weight is 1070 g/mol. The zero-order valence-electron chi connectivity index (χ0n) is 50.3. The van der Waals surface area contributed by atoms with Crippen LogP contribution in [0.1, 0.15) is 303 Å². The molecule has 0 aromatic carbocycles. The number of phosphoric acid groups is 1. The van der Waals surface area contributed by atoms with Gasteiger partial charge in [0.15, 0.2) is 0 Å². The van der Waals surface area contributed by atoms with Gasteiger partial charge in [0.25, 0.3) is 7.82 Å². The molecule has 0 aliphatic heterocycles. The van der Waals surface area contributed by atoms with Crippen LogP contribution < -0.4 is 10.2 Å². The molecule has 1 amide bonds. The van der Waals surface area contributed by atoms with E-state index in [4.69, 9.17) is 9.05 Å². The Balaban J connectivity index is 3.98. The molecular weight excluding hydrogens is 948 g/mol. The van der Waals surface area contributed by atoms with E-state index in [0.29, 0.717) is 17.4 Å². The third-order valence-electron chi connectivity index (χ3n) is 14.4. The summed E-state index contributed by atoms with van der Waals surface area (Å²) >= 11 is 0. The summed E-state index contributed by atoms with van der Waals surface area (Å²) in [4.78, 5) is 25.5. The quantitative estimate of drug-likeness (QED) is 0.0272. The number of allylic oxidation sites excluding steroid dienone is 9. The summed E-state index contributed by atoms with van der Waals surface area (Å²) in [6, 6.07) is -0.903. The highest BCUT2D eigenvalue weighted by Gasteiger charge is 2.23. The van der Waals surface area contributed by atoms with Gasteiger partial charge in [-0.3, -0.25) is 9.36 Å². The average Bonchev–Trinajstić information content (AvgIpc) is 3.37. The molecule has 0 radical (unpaired) electrons. The van der Waals surface area contributed by atoms with E-state index in [2.05, 4.69) is 67.8 Å². The van der Waals surface area contributed by atoms with Crippen LogP contribution in [0.15, 0.2) is 60.8 Å². The molecule has 0 bridgehead atoms. The Hall–Kier alpha value is -1.80. The predicted octanol–water partition coefficient (Wildman–Crippen LogP) is 19.4.